The summed E-state index contributed by atoms with van der Waals surface area (Å²) < 4.78 is 8.65. The van der Waals surface area contributed by atoms with Crippen molar-refractivity contribution < 1.29 is 9.47 Å². The maximum absolute atomic E-state index is 4.32. The summed E-state index contributed by atoms with van der Waals surface area (Å²) >= 11 is 0. The second-order valence-corrected chi connectivity index (χ2v) is 1.32. The van der Waals surface area contributed by atoms with Crippen molar-refractivity contribution in [3.8, 4) is 0 Å². The first-order chi connectivity index (χ1) is 4.83. The van der Waals surface area contributed by atoms with E-state index in [1.54, 1.807) is 12.2 Å². The van der Waals surface area contributed by atoms with Gasteiger partial charge in [0, 0.05) is 13.2 Å². The van der Waals surface area contributed by atoms with E-state index < -0.39 is 0 Å². The van der Waals surface area contributed by atoms with Gasteiger partial charge in [-0.15, -0.1) is 13.2 Å². The molecule has 0 saturated heterocycles. The molecule has 0 heterocycles. The fraction of sp³-hybridized carbons (Fsp3) is 0.250. The summed E-state index contributed by atoms with van der Waals surface area (Å²) in [6.07, 6.45) is 3.29. The van der Waals surface area contributed by atoms with E-state index in [-0.39, 0.29) is 0 Å². The molecule has 0 aliphatic rings. The zero-order valence-corrected chi connectivity index (χ0v) is 13.3. The van der Waals surface area contributed by atoms with Gasteiger partial charge < -0.3 is 9.47 Å². The maximum Gasteiger partial charge on any atom is 0.0298 e. The SMILES string of the molecule is C=CCO[CH2-].C=CCO[CH2-].[Rf]. The zero-order valence-electron chi connectivity index (χ0n) is 6.92. The Kier molecular flexibility index (Phi) is 35.0. The van der Waals surface area contributed by atoms with Gasteiger partial charge in [-0.2, -0.15) is 0 Å². The van der Waals surface area contributed by atoms with Gasteiger partial charge in [-0.05, 0) is 0 Å². The van der Waals surface area contributed by atoms with Crippen molar-refractivity contribution in [2.75, 3.05) is 13.2 Å². The van der Waals surface area contributed by atoms with E-state index in [2.05, 4.69) is 36.9 Å². The molecule has 2 nitrogen and oxygen atoms in total. The minimum absolute atomic E-state index is 0. The molecule has 0 spiro atoms. The molecular weight excluding hydrogens is 395 g/mol. The number of hydrogen-bond donors (Lipinski definition) is 0. The Morgan fingerprint density at radius 1 is 1.00 bits per heavy atom. The average Bonchev–Trinajstić information content (AvgIpc) is 1.93. The molecule has 0 aliphatic heterocycles. The molecule has 0 aromatic heterocycles. The van der Waals surface area contributed by atoms with Gasteiger partial charge in [-0.25, -0.2) is 14.2 Å². The minimum Gasteiger partial charge on any atom is -0.552 e. The fourth-order valence-electron chi connectivity index (χ4n) is 0.167. The quantitative estimate of drug-likeness (QED) is 0.522. The number of hydrogen-bond acceptors (Lipinski definition) is 2. The van der Waals surface area contributed by atoms with Crippen LogP contribution in [0.25, 0.3) is 0 Å². The molecular formula is C8H14O2Rf-2. The van der Waals surface area contributed by atoms with E-state index in [9.17, 15) is 0 Å². The van der Waals surface area contributed by atoms with E-state index in [4.69, 9.17) is 0 Å². The van der Waals surface area contributed by atoms with Crippen LogP contribution in [0.5, 0.6) is 0 Å². The molecule has 0 unspecified atom stereocenters. The van der Waals surface area contributed by atoms with Crippen molar-refractivity contribution in [1.29, 1.82) is 0 Å². The van der Waals surface area contributed by atoms with Crippen LogP contribution in [0, 0.1) is 14.2 Å². The molecule has 0 amide bonds. The fourth-order valence-corrected chi connectivity index (χ4v) is 0.167. The first kappa shape index (κ1) is 16.2. The molecule has 0 saturated carbocycles. The monoisotopic (exact) mass is 409 g/mol. The van der Waals surface area contributed by atoms with Gasteiger partial charge >= 0.3 is 0 Å². The minimum atomic E-state index is 0. The van der Waals surface area contributed by atoms with Crippen LogP contribution in [0.3, 0.4) is 0 Å². The van der Waals surface area contributed by atoms with Gasteiger partial charge in [0.05, 0.1) is 0 Å². The summed E-state index contributed by atoms with van der Waals surface area (Å²) in [5.74, 6) is 0. The van der Waals surface area contributed by atoms with Crippen molar-refractivity contribution in [3.05, 3.63) is 39.5 Å². The van der Waals surface area contributed by atoms with E-state index in [0.29, 0.717) is 13.2 Å². The Morgan fingerprint density at radius 3 is 1.27 bits per heavy atom. The normalized spacial score (nSPS) is 6.73. The van der Waals surface area contributed by atoms with E-state index >= 15 is 0 Å². The van der Waals surface area contributed by atoms with E-state index in [0.717, 1.165) is 0 Å². The third-order valence-electron chi connectivity index (χ3n) is 0.471. The second kappa shape index (κ2) is 23.8. The first-order valence-electron chi connectivity index (χ1n) is 2.79. The summed E-state index contributed by atoms with van der Waals surface area (Å²) in [5, 5.41) is 0. The number of ether oxygens (including phenoxy) is 2. The molecule has 0 bridgehead atoms. The Bertz CT molecular complexity index is 64.5. The van der Waals surface area contributed by atoms with Gasteiger partial charge in [0.1, 0.15) is 0 Å². The van der Waals surface area contributed by atoms with Gasteiger partial charge in [-0.1, -0.05) is 12.2 Å². The molecule has 0 aromatic rings. The Labute approximate surface area is 63.1 Å². The summed E-state index contributed by atoms with van der Waals surface area (Å²) in [6.45, 7) is 7.85. The van der Waals surface area contributed by atoms with Gasteiger partial charge in [0.15, 0.2) is 0 Å². The Morgan fingerprint density at radius 2 is 1.27 bits per heavy atom. The van der Waals surface area contributed by atoms with Crippen LogP contribution in [0.2, 0.25) is 0 Å². The largest absolute Gasteiger partial charge is 0.552 e. The maximum atomic E-state index is 4.32. The predicted molar refractivity (Wildman–Crippen MR) is 43.0 cm³/mol. The molecule has 11 heavy (non-hydrogen) atoms. The van der Waals surface area contributed by atoms with Crippen LogP contribution < -0.4 is 0 Å². The standard InChI is InChI=1S/2C4H7O.Rf/c2*1-3-4-5-2;/h2*3H,1-2,4H2;/q2*-1;. The van der Waals surface area contributed by atoms with Crippen LogP contribution in [-0.2, 0) is 9.47 Å². The van der Waals surface area contributed by atoms with Gasteiger partial charge in [0.2, 0.25) is 0 Å². The third kappa shape index (κ3) is 59.7. The molecule has 0 rings (SSSR count). The van der Waals surface area contributed by atoms with Crippen LogP contribution in [0.1, 0.15) is 0 Å². The van der Waals surface area contributed by atoms with E-state index in [1.807, 2.05) is 0 Å². The van der Waals surface area contributed by atoms with Crippen LogP contribution >= 0.6 is 0 Å². The van der Waals surface area contributed by atoms with Crippen molar-refractivity contribution in [1.82, 2.24) is 0 Å². The van der Waals surface area contributed by atoms with Crippen molar-refractivity contribution in [2.45, 2.75) is 0 Å². The summed E-state index contributed by atoms with van der Waals surface area (Å²) in [5.41, 5.74) is 0. The average molecular weight is 409 g/mol. The molecule has 0 aliphatic carbocycles. The number of rotatable bonds is 4. The molecule has 0 atom stereocenters. The molecule has 3 heteroatoms. The summed E-state index contributed by atoms with van der Waals surface area (Å²) in [7, 11) is 6.21. The van der Waals surface area contributed by atoms with Crippen LogP contribution in [0.4, 0.5) is 0 Å². The third-order valence-corrected chi connectivity index (χ3v) is 0.471. The van der Waals surface area contributed by atoms with Crippen molar-refractivity contribution in [3.63, 3.8) is 0 Å². The molecule has 0 aromatic carbocycles. The summed E-state index contributed by atoms with van der Waals surface area (Å²) in [4.78, 5) is 0. The van der Waals surface area contributed by atoms with E-state index in [1.165, 1.54) is 0 Å². The molecule has 62 valence electrons. The van der Waals surface area contributed by atoms with Crippen LogP contribution in [0.15, 0.2) is 25.3 Å². The molecule has 0 N–H and O–H groups in total. The van der Waals surface area contributed by atoms with Gasteiger partial charge in [0.25, 0.3) is 0 Å². The van der Waals surface area contributed by atoms with Crippen molar-refractivity contribution in [2.24, 2.45) is 0 Å². The van der Waals surface area contributed by atoms with Gasteiger partial charge in [-0.3, -0.25) is 0 Å². The molecule has 0 fully saturated rings. The smallest absolute Gasteiger partial charge is 0.0298 e. The second-order valence-electron chi connectivity index (χ2n) is 1.32. The molecule has 0 radical (unpaired) electrons. The zero-order chi connectivity index (χ0) is 8.24. The van der Waals surface area contributed by atoms with Crippen molar-refractivity contribution >= 4 is 0 Å². The first-order valence-corrected chi connectivity index (χ1v) is 2.79. The Balaban J connectivity index is -0.000000107. The predicted octanol–water partition coefficient (Wildman–Crippen LogP) is 1.96. The topological polar surface area (TPSA) is 18.5 Å². The Hall–Kier alpha value is -1.60. The van der Waals surface area contributed by atoms with Crippen LogP contribution in [-0.4, -0.2) is 13.2 Å². The summed E-state index contributed by atoms with van der Waals surface area (Å²) in [6, 6.07) is 0.